The van der Waals surface area contributed by atoms with Gasteiger partial charge in [-0.15, -0.1) is 6.58 Å². The zero-order valence-corrected chi connectivity index (χ0v) is 23.5. The molecule has 202 valence electrons. The van der Waals surface area contributed by atoms with E-state index in [4.69, 9.17) is 9.47 Å². The molecule has 0 aromatic carbocycles. The van der Waals surface area contributed by atoms with Crippen LogP contribution in [0.25, 0.3) is 0 Å². The van der Waals surface area contributed by atoms with E-state index in [2.05, 4.69) is 38.5 Å². The molecule has 0 aliphatic carbocycles. The second kappa shape index (κ2) is 12.9. The van der Waals surface area contributed by atoms with E-state index in [9.17, 15) is 9.90 Å². The lowest BCUT2D eigenvalue weighted by atomic mass is 9.78. The van der Waals surface area contributed by atoms with Crippen LogP contribution in [0.4, 0.5) is 0 Å². The minimum Gasteiger partial charge on any atom is -0.461 e. The number of hydrogen-bond donors (Lipinski definition) is 1. The first kappa shape index (κ1) is 30.1. The number of hydrogen-bond acceptors (Lipinski definition) is 6. The standard InChI is InChI=1S/C31H44N2O4/c1-11-15-16-27-19-30(35)37-31(27)20-28(17-21(5)25(9)33(26(10)34)22(6)12-2)36-29(24(31)8)18-23(7)32(13-3)14-4/h11-12,15-20,22,24-26,34H,1-2,7,13-14H2,3-6,8-10H3/b16-15-,21-17-,29-18+. The number of rotatable bonds is 12. The van der Waals surface area contributed by atoms with Crippen LogP contribution < -0.4 is 0 Å². The van der Waals surface area contributed by atoms with Crippen molar-refractivity contribution in [1.29, 1.82) is 0 Å². The molecule has 37 heavy (non-hydrogen) atoms. The molecule has 1 N–H and O–H groups in total. The Morgan fingerprint density at radius 1 is 1.24 bits per heavy atom. The van der Waals surface area contributed by atoms with Gasteiger partial charge in [0, 0.05) is 48.6 Å². The summed E-state index contributed by atoms with van der Waals surface area (Å²) in [5.41, 5.74) is 1.51. The number of aliphatic hydroxyl groups is 1. The molecule has 5 atom stereocenters. The van der Waals surface area contributed by atoms with E-state index in [1.807, 2.05) is 63.0 Å². The Bertz CT molecular complexity index is 1040. The van der Waals surface area contributed by atoms with E-state index in [-0.39, 0.29) is 18.0 Å². The maximum absolute atomic E-state index is 12.5. The highest BCUT2D eigenvalue weighted by Gasteiger charge is 2.50. The molecule has 2 heterocycles. The van der Waals surface area contributed by atoms with Crippen LogP contribution in [0.3, 0.4) is 0 Å². The van der Waals surface area contributed by atoms with Crippen molar-refractivity contribution in [2.24, 2.45) is 5.92 Å². The Kier molecular flexibility index (Phi) is 10.5. The van der Waals surface area contributed by atoms with Gasteiger partial charge in [-0.2, -0.15) is 0 Å². The lowest BCUT2D eigenvalue weighted by Gasteiger charge is -2.39. The lowest BCUT2D eigenvalue weighted by molar-refractivity contribution is -0.146. The second-order valence-electron chi connectivity index (χ2n) is 9.61. The molecule has 0 aromatic heterocycles. The fourth-order valence-corrected chi connectivity index (χ4v) is 4.93. The molecule has 0 aromatic rings. The van der Waals surface area contributed by atoms with E-state index >= 15 is 0 Å². The smallest absolute Gasteiger partial charge is 0.332 e. The van der Waals surface area contributed by atoms with Crippen molar-refractivity contribution < 1.29 is 19.4 Å². The summed E-state index contributed by atoms with van der Waals surface area (Å²) >= 11 is 0. The molecule has 5 unspecified atom stereocenters. The third-order valence-corrected chi connectivity index (χ3v) is 7.27. The molecule has 0 bridgehead atoms. The largest absolute Gasteiger partial charge is 0.461 e. The topological polar surface area (TPSA) is 62.2 Å². The molecule has 0 amide bonds. The Labute approximate surface area is 223 Å². The number of carbonyl (C=O) groups is 1. The minimum absolute atomic E-state index is 0.0341. The molecule has 0 saturated carbocycles. The minimum atomic E-state index is -1.03. The Hall–Kier alpha value is -3.09. The van der Waals surface area contributed by atoms with Crippen molar-refractivity contribution in [1.82, 2.24) is 9.80 Å². The zero-order chi connectivity index (χ0) is 27.9. The number of ether oxygens (including phenoxy) is 2. The van der Waals surface area contributed by atoms with Gasteiger partial charge >= 0.3 is 5.97 Å². The van der Waals surface area contributed by atoms with Crippen molar-refractivity contribution in [2.45, 2.75) is 72.4 Å². The summed E-state index contributed by atoms with van der Waals surface area (Å²) in [7, 11) is 0. The molecule has 0 radical (unpaired) electrons. The van der Waals surface area contributed by atoms with Gasteiger partial charge in [0.1, 0.15) is 17.7 Å². The maximum atomic E-state index is 12.5. The third kappa shape index (κ3) is 6.62. The van der Waals surface area contributed by atoms with Crippen LogP contribution in [-0.2, 0) is 14.3 Å². The van der Waals surface area contributed by atoms with Crippen molar-refractivity contribution >= 4 is 5.97 Å². The van der Waals surface area contributed by atoms with Gasteiger partial charge in [-0.3, -0.25) is 4.90 Å². The van der Waals surface area contributed by atoms with Crippen LogP contribution in [0.2, 0.25) is 0 Å². The predicted octanol–water partition coefficient (Wildman–Crippen LogP) is 5.79. The molecule has 0 fully saturated rings. The van der Waals surface area contributed by atoms with Gasteiger partial charge in [0.2, 0.25) is 0 Å². The van der Waals surface area contributed by atoms with E-state index in [1.54, 1.807) is 19.1 Å². The Morgan fingerprint density at radius 2 is 1.89 bits per heavy atom. The lowest BCUT2D eigenvalue weighted by Crippen LogP contribution is -2.46. The number of nitrogens with zero attached hydrogens (tertiary/aromatic N) is 2. The highest BCUT2D eigenvalue weighted by atomic mass is 16.6. The van der Waals surface area contributed by atoms with Crippen molar-refractivity contribution in [3.8, 4) is 0 Å². The summed E-state index contributed by atoms with van der Waals surface area (Å²) in [5.74, 6) is 0.525. The number of carbonyl (C=O) groups excluding carboxylic acids is 1. The van der Waals surface area contributed by atoms with Crippen LogP contribution in [0.15, 0.2) is 96.7 Å². The average Bonchev–Trinajstić information content (AvgIpc) is 3.16. The molecular formula is C31H44N2O4. The summed E-state index contributed by atoms with van der Waals surface area (Å²) in [4.78, 5) is 16.6. The van der Waals surface area contributed by atoms with Gasteiger partial charge in [0.25, 0.3) is 0 Å². The Balaban J connectivity index is 2.64. The average molecular weight is 509 g/mol. The summed E-state index contributed by atoms with van der Waals surface area (Å²) < 4.78 is 12.4. The molecule has 6 heteroatoms. The summed E-state index contributed by atoms with van der Waals surface area (Å²) in [5, 5.41) is 10.4. The number of aliphatic hydroxyl groups excluding tert-OH is 1. The van der Waals surface area contributed by atoms with E-state index in [1.165, 1.54) is 6.08 Å². The molecule has 2 aliphatic rings. The van der Waals surface area contributed by atoms with E-state index in [0.717, 1.165) is 29.9 Å². The number of likely N-dealkylation sites (N-methyl/N-ethyl adjacent to an activating group) is 1. The SMILES string of the molecule is C=C/C=C\C1=CC(=O)OC12C=C(/C=C(/C)C(C)N(C(C)O)C(C)C=C)O/C(=C/C(=C)N(CC)CC)C2C. The number of allylic oxidation sites excluding steroid dienone is 4. The normalized spacial score (nSPS) is 25.4. The fraction of sp³-hybridized carbons (Fsp3) is 0.452. The van der Waals surface area contributed by atoms with Crippen molar-refractivity contribution in [3.63, 3.8) is 0 Å². The predicted molar refractivity (Wildman–Crippen MR) is 151 cm³/mol. The van der Waals surface area contributed by atoms with Crippen LogP contribution in [-0.4, -0.2) is 57.9 Å². The first-order chi connectivity index (χ1) is 17.4. The summed E-state index contributed by atoms with van der Waals surface area (Å²) in [6.07, 6.45) is 13.7. The molecular weight excluding hydrogens is 464 g/mol. The van der Waals surface area contributed by atoms with Crippen LogP contribution >= 0.6 is 0 Å². The Morgan fingerprint density at radius 3 is 2.43 bits per heavy atom. The van der Waals surface area contributed by atoms with Gasteiger partial charge in [-0.05, 0) is 53.7 Å². The van der Waals surface area contributed by atoms with Crippen molar-refractivity contribution in [2.75, 3.05) is 13.1 Å². The van der Waals surface area contributed by atoms with E-state index < -0.39 is 17.8 Å². The monoisotopic (exact) mass is 508 g/mol. The summed E-state index contributed by atoms with van der Waals surface area (Å²) in [6.45, 7) is 27.5. The highest BCUT2D eigenvalue weighted by molar-refractivity contribution is 5.88. The molecule has 1 spiro atoms. The highest BCUT2D eigenvalue weighted by Crippen LogP contribution is 2.46. The molecule has 6 nitrogen and oxygen atoms in total. The van der Waals surface area contributed by atoms with Gasteiger partial charge in [-0.1, -0.05) is 50.0 Å². The first-order valence-electron chi connectivity index (χ1n) is 13.0. The van der Waals surface area contributed by atoms with Gasteiger partial charge in [0.05, 0.1) is 5.92 Å². The van der Waals surface area contributed by atoms with Gasteiger partial charge in [-0.25, -0.2) is 4.79 Å². The zero-order valence-electron chi connectivity index (χ0n) is 23.5. The van der Waals surface area contributed by atoms with Crippen LogP contribution in [0.5, 0.6) is 0 Å². The van der Waals surface area contributed by atoms with Gasteiger partial charge < -0.3 is 19.5 Å². The maximum Gasteiger partial charge on any atom is 0.332 e. The molecule has 2 aliphatic heterocycles. The van der Waals surface area contributed by atoms with E-state index in [0.29, 0.717) is 11.5 Å². The molecule has 0 saturated heterocycles. The fourth-order valence-electron chi connectivity index (χ4n) is 4.93. The third-order valence-electron chi connectivity index (χ3n) is 7.27. The van der Waals surface area contributed by atoms with Gasteiger partial charge in [0.15, 0.2) is 5.60 Å². The van der Waals surface area contributed by atoms with Crippen molar-refractivity contribution in [3.05, 3.63) is 96.7 Å². The van der Waals surface area contributed by atoms with Crippen LogP contribution in [0, 0.1) is 5.92 Å². The first-order valence-corrected chi connectivity index (χ1v) is 13.0. The molecule has 2 rings (SSSR count). The summed E-state index contributed by atoms with van der Waals surface area (Å²) in [6, 6.07) is -0.138. The second-order valence-corrected chi connectivity index (χ2v) is 9.61. The quantitative estimate of drug-likeness (QED) is 0.156. The van der Waals surface area contributed by atoms with Crippen LogP contribution in [0.1, 0.15) is 48.5 Å². The number of esters is 1.